The summed E-state index contributed by atoms with van der Waals surface area (Å²) in [6.07, 6.45) is 3.40. The number of hydrogen-bond donors (Lipinski definition) is 1. The molecule has 118 valence electrons. The number of unbranched alkanes of at least 4 members (excludes halogenated alkanes) is 2. The molecule has 0 bridgehead atoms. The molecular formula is C17H23N3O2. The van der Waals surface area contributed by atoms with Gasteiger partial charge in [-0.15, -0.1) is 0 Å². The number of aromatic nitrogens is 2. The van der Waals surface area contributed by atoms with E-state index in [2.05, 4.69) is 17.3 Å². The summed E-state index contributed by atoms with van der Waals surface area (Å²) in [4.78, 5) is 12.2. The van der Waals surface area contributed by atoms with Crippen molar-refractivity contribution in [3.63, 3.8) is 0 Å². The fraction of sp³-hybridized carbons (Fsp3) is 0.412. The number of rotatable bonds is 7. The standard InChI is InChI=1S/C17H23N3O2/c1-4-5-6-11-22-15-9-7-14(8-10-15)17(21)18-16-12-13(2)19-20(16)3/h7-10,12H,4-6,11H2,1-3H3,(H,18,21). The molecule has 1 heterocycles. The Bertz CT molecular complexity index is 617. The normalized spacial score (nSPS) is 10.5. The topological polar surface area (TPSA) is 56.1 Å². The number of benzene rings is 1. The van der Waals surface area contributed by atoms with Crippen LogP contribution in [0.2, 0.25) is 0 Å². The van der Waals surface area contributed by atoms with Crippen LogP contribution in [0.25, 0.3) is 0 Å². The summed E-state index contributed by atoms with van der Waals surface area (Å²) in [5, 5.41) is 7.05. The molecule has 0 unspecified atom stereocenters. The zero-order chi connectivity index (χ0) is 15.9. The molecule has 5 nitrogen and oxygen atoms in total. The van der Waals surface area contributed by atoms with Crippen molar-refractivity contribution in [2.45, 2.75) is 33.1 Å². The number of aryl methyl sites for hydroxylation is 2. The van der Waals surface area contributed by atoms with Gasteiger partial charge in [0, 0.05) is 18.7 Å². The zero-order valence-electron chi connectivity index (χ0n) is 13.4. The Balaban J connectivity index is 1.92. The lowest BCUT2D eigenvalue weighted by atomic mass is 10.2. The summed E-state index contributed by atoms with van der Waals surface area (Å²) in [5.74, 6) is 1.33. The van der Waals surface area contributed by atoms with Crippen LogP contribution in [0.1, 0.15) is 42.2 Å². The highest BCUT2D eigenvalue weighted by Gasteiger charge is 2.09. The number of ether oxygens (including phenoxy) is 1. The predicted octanol–water partition coefficient (Wildman–Crippen LogP) is 3.55. The van der Waals surface area contributed by atoms with Gasteiger partial charge in [0.05, 0.1) is 12.3 Å². The van der Waals surface area contributed by atoms with Crippen LogP contribution >= 0.6 is 0 Å². The van der Waals surface area contributed by atoms with Crippen molar-refractivity contribution >= 4 is 11.7 Å². The Kier molecular flexibility index (Phi) is 5.58. The third kappa shape index (κ3) is 4.35. The number of carbonyl (C=O) groups excluding carboxylic acids is 1. The Hall–Kier alpha value is -2.30. The van der Waals surface area contributed by atoms with E-state index in [-0.39, 0.29) is 5.91 Å². The van der Waals surface area contributed by atoms with Crippen LogP contribution in [0.5, 0.6) is 5.75 Å². The molecule has 22 heavy (non-hydrogen) atoms. The first-order valence-corrected chi connectivity index (χ1v) is 7.65. The SMILES string of the molecule is CCCCCOc1ccc(C(=O)Nc2cc(C)nn2C)cc1. The highest BCUT2D eigenvalue weighted by Crippen LogP contribution is 2.15. The molecule has 0 saturated carbocycles. The minimum Gasteiger partial charge on any atom is -0.494 e. The maximum absolute atomic E-state index is 12.2. The zero-order valence-corrected chi connectivity index (χ0v) is 13.4. The molecule has 1 aromatic carbocycles. The molecule has 0 atom stereocenters. The van der Waals surface area contributed by atoms with Crippen molar-refractivity contribution in [2.24, 2.45) is 7.05 Å². The summed E-state index contributed by atoms with van der Waals surface area (Å²) < 4.78 is 7.29. The smallest absolute Gasteiger partial charge is 0.256 e. The molecule has 1 amide bonds. The molecule has 0 saturated heterocycles. The molecule has 0 aliphatic rings. The van der Waals surface area contributed by atoms with Crippen LogP contribution < -0.4 is 10.1 Å². The minimum absolute atomic E-state index is 0.152. The second-order valence-corrected chi connectivity index (χ2v) is 5.33. The first-order chi connectivity index (χ1) is 10.6. The van der Waals surface area contributed by atoms with E-state index in [1.165, 1.54) is 12.8 Å². The molecule has 0 spiro atoms. The second kappa shape index (κ2) is 7.64. The summed E-state index contributed by atoms with van der Waals surface area (Å²) >= 11 is 0. The van der Waals surface area contributed by atoms with Crippen LogP contribution in [0.3, 0.4) is 0 Å². The van der Waals surface area contributed by atoms with E-state index >= 15 is 0 Å². The van der Waals surface area contributed by atoms with E-state index in [1.807, 2.05) is 25.1 Å². The Morgan fingerprint density at radius 3 is 2.59 bits per heavy atom. The minimum atomic E-state index is -0.152. The van der Waals surface area contributed by atoms with E-state index in [4.69, 9.17) is 4.74 Å². The van der Waals surface area contributed by atoms with Gasteiger partial charge in [-0.05, 0) is 37.6 Å². The second-order valence-electron chi connectivity index (χ2n) is 5.33. The number of nitrogens with zero attached hydrogens (tertiary/aromatic N) is 2. The Morgan fingerprint density at radius 2 is 2.00 bits per heavy atom. The van der Waals surface area contributed by atoms with Gasteiger partial charge in [-0.2, -0.15) is 5.10 Å². The van der Waals surface area contributed by atoms with Crippen molar-refractivity contribution in [3.05, 3.63) is 41.6 Å². The molecule has 1 aromatic heterocycles. The molecule has 2 rings (SSSR count). The maximum atomic E-state index is 12.2. The van der Waals surface area contributed by atoms with Crippen molar-refractivity contribution in [1.29, 1.82) is 0 Å². The summed E-state index contributed by atoms with van der Waals surface area (Å²) in [5.41, 5.74) is 1.47. The van der Waals surface area contributed by atoms with E-state index in [1.54, 1.807) is 23.9 Å². The van der Waals surface area contributed by atoms with Gasteiger partial charge in [-0.1, -0.05) is 19.8 Å². The Labute approximate surface area is 131 Å². The number of amides is 1. The Morgan fingerprint density at radius 1 is 1.27 bits per heavy atom. The highest BCUT2D eigenvalue weighted by molar-refractivity contribution is 6.03. The van der Waals surface area contributed by atoms with Gasteiger partial charge in [0.25, 0.3) is 5.91 Å². The van der Waals surface area contributed by atoms with Crippen molar-refractivity contribution in [3.8, 4) is 5.75 Å². The maximum Gasteiger partial charge on any atom is 0.256 e. The lowest BCUT2D eigenvalue weighted by Gasteiger charge is -2.08. The number of hydrogen-bond acceptors (Lipinski definition) is 3. The fourth-order valence-electron chi connectivity index (χ4n) is 2.16. The molecule has 0 aliphatic heterocycles. The number of anilines is 1. The quantitative estimate of drug-likeness (QED) is 0.796. The van der Waals surface area contributed by atoms with E-state index in [9.17, 15) is 4.79 Å². The van der Waals surface area contributed by atoms with Gasteiger partial charge in [0.2, 0.25) is 0 Å². The van der Waals surface area contributed by atoms with Crippen molar-refractivity contribution < 1.29 is 9.53 Å². The lowest BCUT2D eigenvalue weighted by Crippen LogP contribution is -2.14. The third-order valence-electron chi connectivity index (χ3n) is 3.38. The first kappa shape index (κ1) is 16.1. The van der Waals surface area contributed by atoms with Crippen molar-refractivity contribution in [1.82, 2.24) is 9.78 Å². The average molecular weight is 301 g/mol. The van der Waals surface area contributed by atoms with Crippen LogP contribution in [0.15, 0.2) is 30.3 Å². The largest absolute Gasteiger partial charge is 0.494 e. The van der Waals surface area contributed by atoms with Crippen LogP contribution in [0.4, 0.5) is 5.82 Å². The van der Waals surface area contributed by atoms with Crippen molar-refractivity contribution in [2.75, 3.05) is 11.9 Å². The number of nitrogens with one attached hydrogen (secondary N) is 1. The average Bonchev–Trinajstić information content (AvgIpc) is 2.82. The summed E-state index contributed by atoms with van der Waals surface area (Å²) in [6, 6.07) is 9.04. The van der Waals surface area contributed by atoms with Crippen LogP contribution in [-0.2, 0) is 7.05 Å². The summed E-state index contributed by atoms with van der Waals surface area (Å²) in [6.45, 7) is 4.77. The lowest BCUT2D eigenvalue weighted by molar-refractivity contribution is 0.102. The van der Waals surface area contributed by atoms with Crippen LogP contribution in [0, 0.1) is 6.92 Å². The molecule has 0 fully saturated rings. The number of carbonyl (C=O) groups is 1. The highest BCUT2D eigenvalue weighted by atomic mass is 16.5. The van der Waals surface area contributed by atoms with Gasteiger partial charge >= 0.3 is 0 Å². The molecule has 0 radical (unpaired) electrons. The van der Waals surface area contributed by atoms with Gasteiger partial charge < -0.3 is 10.1 Å². The molecule has 5 heteroatoms. The monoisotopic (exact) mass is 301 g/mol. The van der Waals surface area contributed by atoms with Gasteiger partial charge in [-0.3, -0.25) is 9.48 Å². The molecular weight excluding hydrogens is 278 g/mol. The van der Waals surface area contributed by atoms with Gasteiger partial charge in [0.15, 0.2) is 0 Å². The first-order valence-electron chi connectivity index (χ1n) is 7.65. The summed E-state index contributed by atoms with van der Waals surface area (Å²) in [7, 11) is 1.80. The van der Waals surface area contributed by atoms with E-state index in [0.29, 0.717) is 18.0 Å². The van der Waals surface area contributed by atoms with Crippen LogP contribution in [-0.4, -0.2) is 22.3 Å². The fourth-order valence-corrected chi connectivity index (χ4v) is 2.16. The third-order valence-corrected chi connectivity index (χ3v) is 3.38. The molecule has 2 aromatic rings. The van der Waals surface area contributed by atoms with E-state index < -0.39 is 0 Å². The van der Waals surface area contributed by atoms with Gasteiger partial charge in [0.1, 0.15) is 11.6 Å². The predicted molar refractivity (Wildman–Crippen MR) is 87.4 cm³/mol. The van der Waals surface area contributed by atoms with Gasteiger partial charge in [-0.25, -0.2) is 0 Å². The van der Waals surface area contributed by atoms with E-state index in [0.717, 1.165) is 17.9 Å². The molecule has 0 aliphatic carbocycles. The molecule has 1 N–H and O–H groups in total.